The minimum Gasteiger partial charge on any atom is -0.389 e. The van der Waals surface area contributed by atoms with Crippen LogP contribution in [0.4, 0.5) is 26.4 Å². The average molecular weight is 440 g/mol. The first-order valence-corrected chi connectivity index (χ1v) is 10.4. The molecule has 3 N–H and O–H groups in total. The summed E-state index contributed by atoms with van der Waals surface area (Å²) in [6, 6.07) is 3.41. The van der Waals surface area contributed by atoms with Gasteiger partial charge < -0.3 is 20.5 Å². The lowest BCUT2D eigenvalue weighted by Gasteiger charge is -2.25. The molecule has 0 radical (unpaired) electrons. The van der Waals surface area contributed by atoms with Gasteiger partial charge >= 0.3 is 0 Å². The zero-order valence-corrected chi connectivity index (χ0v) is 17.1. The fraction of sp³-hybridized carbons (Fsp3) is 0.318. The normalized spacial score (nSPS) is 19.2. The highest BCUT2D eigenvalue weighted by Gasteiger charge is 2.24. The van der Waals surface area contributed by atoms with Crippen LogP contribution in [0.15, 0.2) is 48.3 Å². The first-order chi connectivity index (χ1) is 15.6. The number of halogens is 2. The summed E-state index contributed by atoms with van der Waals surface area (Å²) < 4.78 is 35.1. The van der Waals surface area contributed by atoms with Crippen LogP contribution in [-0.2, 0) is 4.74 Å². The lowest BCUT2D eigenvalue weighted by molar-refractivity contribution is 0.0710. The molecule has 3 heterocycles. The van der Waals surface area contributed by atoms with Crippen LogP contribution in [0.5, 0.6) is 0 Å². The van der Waals surface area contributed by atoms with Crippen molar-refractivity contribution in [2.75, 3.05) is 23.8 Å². The molecule has 1 aliphatic carbocycles. The summed E-state index contributed by atoms with van der Waals surface area (Å²) in [4.78, 5) is 13.6. The summed E-state index contributed by atoms with van der Waals surface area (Å²) in [5, 5.41) is 15.7. The van der Waals surface area contributed by atoms with Crippen LogP contribution < -0.4 is 10.6 Å². The topological polar surface area (TPSA) is 97.1 Å². The van der Waals surface area contributed by atoms with Gasteiger partial charge in [-0.2, -0.15) is 4.98 Å². The molecule has 0 spiro atoms. The van der Waals surface area contributed by atoms with Crippen molar-refractivity contribution in [2.24, 2.45) is 0 Å². The fourth-order valence-corrected chi connectivity index (χ4v) is 3.87. The first-order valence-electron chi connectivity index (χ1n) is 10.4. The number of imidazole rings is 1. The van der Waals surface area contributed by atoms with E-state index in [1.807, 2.05) is 10.6 Å². The molecule has 2 aromatic heterocycles. The Morgan fingerprint density at radius 2 is 1.97 bits per heavy atom. The van der Waals surface area contributed by atoms with Gasteiger partial charge in [-0.15, -0.1) is 0 Å². The van der Waals surface area contributed by atoms with Crippen molar-refractivity contribution in [1.82, 2.24) is 19.5 Å². The number of nitrogens with zero attached hydrogens (tertiary/aromatic N) is 4. The van der Waals surface area contributed by atoms with E-state index in [0.717, 1.165) is 24.6 Å². The Bertz CT molecular complexity index is 1200. The molecule has 0 bridgehead atoms. The largest absolute Gasteiger partial charge is 0.389 e. The van der Waals surface area contributed by atoms with Gasteiger partial charge in [0.15, 0.2) is 5.65 Å². The Kier molecular flexibility index (Phi) is 5.54. The second kappa shape index (κ2) is 8.64. The summed E-state index contributed by atoms with van der Waals surface area (Å²) in [5.41, 5.74) is 2.06. The average Bonchev–Trinajstić information content (AvgIpc) is 3.15. The molecule has 3 aromatic rings. The molecule has 5 rings (SSSR count). The maximum Gasteiger partial charge on any atom is 0.229 e. The van der Waals surface area contributed by atoms with E-state index in [4.69, 9.17) is 4.74 Å². The lowest BCUT2D eigenvalue weighted by Crippen LogP contribution is -2.21. The second-order valence-electron chi connectivity index (χ2n) is 7.75. The third kappa shape index (κ3) is 4.19. The number of fused-ring (bicyclic) bond motifs is 1. The molecule has 2 aliphatic rings. The van der Waals surface area contributed by atoms with Crippen molar-refractivity contribution in [3.63, 3.8) is 0 Å². The number of benzene rings is 1. The monoisotopic (exact) mass is 440 g/mol. The van der Waals surface area contributed by atoms with Gasteiger partial charge in [-0.25, -0.2) is 18.7 Å². The van der Waals surface area contributed by atoms with Gasteiger partial charge in [0, 0.05) is 31.0 Å². The number of hydrogen-bond donors (Lipinski definition) is 3. The summed E-state index contributed by atoms with van der Waals surface area (Å²) in [5.74, 6) is -0.561. The van der Waals surface area contributed by atoms with Gasteiger partial charge in [0.2, 0.25) is 11.9 Å². The van der Waals surface area contributed by atoms with E-state index in [-0.39, 0.29) is 11.7 Å². The zero-order valence-electron chi connectivity index (χ0n) is 17.1. The molecule has 8 nitrogen and oxygen atoms in total. The minimum absolute atomic E-state index is 0.0476. The van der Waals surface area contributed by atoms with E-state index in [1.165, 1.54) is 12.1 Å². The smallest absolute Gasteiger partial charge is 0.229 e. The van der Waals surface area contributed by atoms with Crippen LogP contribution in [0.2, 0.25) is 0 Å². The van der Waals surface area contributed by atoms with E-state index in [2.05, 4.69) is 25.6 Å². The maximum absolute atomic E-state index is 14.3. The number of ether oxygens (including phenoxy) is 1. The van der Waals surface area contributed by atoms with Crippen LogP contribution in [-0.4, -0.2) is 43.9 Å². The second-order valence-corrected chi connectivity index (χ2v) is 7.75. The molecule has 0 saturated carbocycles. The molecule has 166 valence electrons. The highest BCUT2D eigenvalue weighted by molar-refractivity contribution is 5.77. The van der Waals surface area contributed by atoms with Crippen molar-refractivity contribution in [3.05, 3.63) is 60.0 Å². The standard InChI is InChI=1S/C22H22F2N6O2/c23-13-1-6-18(17(24)11-13)27-22-28-19-12-25-21(26-14-2-4-16(31)5-3-14)29-20(19)30(22)15-7-9-32-10-8-15/h1-4,6,11-12,15-16,31H,5,7-10H2,(H,27,28)(H,25,26,29)/t16-/m0/s1. The van der Waals surface area contributed by atoms with Gasteiger partial charge in [0.25, 0.3) is 0 Å². The molecule has 0 unspecified atom stereocenters. The van der Waals surface area contributed by atoms with E-state index in [0.29, 0.717) is 42.7 Å². The van der Waals surface area contributed by atoms with Crippen molar-refractivity contribution < 1.29 is 18.6 Å². The Hall–Kier alpha value is -3.37. The van der Waals surface area contributed by atoms with Crippen LogP contribution in [0.3, 0.4) is 0 Å². The highest BCUT2D eigenvalue weighted by Crippen LogP contribution is 2.32. The van der Waals surface area contributed by atoms with Gasteiger partial charge in [-0.05, 0) is 37.5 Å². The van der Waals surface area contributed by atoms with Crippen molar-refractivity contribution in [3.8, 4) is 0 Å². The molecular formula is C22H22F2N6O2. The van der Waals surface area contributed by atoms with Crippen molar-refractivity contribution >= 4 is 28.7 Å². The predicted molar refractivity (Wildman–Crippen MR) is 116 cm³/mol. The number of aromatic nitrogens is 4. The van der Waals surface area contributed by atoms with Crippen molar-refractivity contribution in [1.29, 1.82) is 0 Å². The summed E-state index contributed by atoms with van der Waals surface area (Å²) in [6.07, 6.45) is 8.49. The number of aliphatic hydroxyl groups is 1. The van der Waals surface area contributed by atoms with E-state index < -0.39 is 17.7 Å². The van der Waals surface area contributed by atoms with Crippen LogP contribution in [0, 0.1) is 11.6 Å². The van der Waals surface area contributed by atoms with Crippen LogP contribution in [0.25, 0.3) is 11.2 Å². The van der Waals surface area contributed by atoms with Crippen LogP contribution >= 0.6 is 0 Å². The number of anilines is 3. The Morgan fingerprint density at radius 1 is 1.12 bits per heavy atom. The fourth-order valence-electron chi connectivity index (χ4n) is 3.87. The number of rotatable bonds is 5. The molecule has 1 aliphatic heterocycles. The molecule has 1 fully saturated rings. The predicted octanol–water partition coefficient (Wildman–Crippen LogP) is 3.82. The molecule has 1 atom stereocenters. The summed E-state index contributed by atoms with van der Waals surface area (Å²) >= 11 is 0. The number of aliphatic hydroxyl groups excluding tert-OH is 1. The minimum atomic E-state index is -0.706. The maximum atomic E-state index is 14.3. The number of hydrogen-bond acceptors (Lipinski definition) is 7. The Morgan fingerprint density at radius 3 is 2.72 bits per heavy atom. The third-order valence-electron chi connectivity index (χ3n) is 5.50. The molecule has 1 aromatic carbocycles. The molecular weight excluding hydrogens is 418 g/mol. The highest BCUT2D eigenvalue weighted by atomic mass is 19.1. The van der Waals surface area contributed by atoms with E-state index in [1.54, 1.807) is 18.3 Å². The van der Waals surface area contributed by atoms with E-state index in [9.17, 15) is 13.9 Å². The Labute approximate surface area is 182 Å². The summed E-state index contributed by atoms with van der Waals surface area (Å²) in [6.45, 7) is 1.20. The number of nitrogens with one attached hydrogen (secondary N) is 2. The van der Waals surface area contributed by atoms with Gasteiger partial charge in [0.1, 0.15) is 17.2 Å². The quantitative estimate of drug-likeness (QED) is 0.555. The van der Waals surface area contributed by atoms with Crippen LogP contribution in [0.1, 0.15) is 25.3 Å². The van der Waals surface area contributed by atoms with Gasteiger partial charge in [-0.1, -0.05) is 12.2 Å². The molecule has 10 heteroatoms. The Balaban J connectivity index is 1.53. The van der Waals surface area contributed by atoms with E-state index >= 15 is 0 Å². The van der Waals surface area contributed by atoms with Crippen molar-refractivity contribution in [2.45, 2.75) is 31.4 Å². The molecule has 32 heavy (non-hydrogen) atoms. The SMILES string of the molecule is O[C@H]1C=CC(Nc2ncc3nc(Nc4ccc(F)cc4F)n(C4CCOCC4)c3n2)=CC1. The first kappa shape index (κ1) is 20.5. The molecule has 1 saturated heterocycles. The third-order valence-corrected chi connectivity index (χ3v) is 5.50. The molecule has 0 amide bonds. The van der Waals surface area contributed by atoms with Gasteiger partial charge in [0.05, 0.1) is 18.0 Å². The zero-order chi connectivity index (χ0) is 22.1. The summed E-state index contributed by atoms with van der Waals surface area (Å²) in [7, 11) is 0. The lowest BCUT2D eigenvalue weighted by atomic mass is 10.1. The van der Waals surface area contributed by atoms with Gasteiger partial charge in [-0.3, -0.25) is 4.57 Å². The number of allylic oxidation sites excluding steroid dienone is 1.